The number of nitrogens with one attached hydrogen (secondary N) is 1. The van der Waals surface area contributed by atoms with E-state index in [9.17, 15) is 9.90 Å². The summed E-state index contributed by atoms with van der Waals surface area (Å²) < 4.78 is 10.5. The van der Waals surface area contributed by atoms with Crippen molar-refractivity contribution < 1.29 is 19.4 Å². The van der Waals surface area contributed by atoms with Gasteiger partial charge in [0.15, 0.2) is 11.5 Å². The van der Waals surface area contributed by atoms with E-state index in [1.807, 2.05) is 0 Å². The summed E-state index contributed by atoms with van der Waals surface area (Å²) in [5.41, 5.74) is -0.432. The van der Waals surface area contributed by atoms with Crippen molar-refractivity contribution in [3.05, 3.63) is 48.0 Å². The van der Waals surface area contributed by atoms with Gasteiger partial charge in [-0.15, -0.1) is 0 Å². The second kappa shape index (κ2) is 5.61. The fourth-order valence-corrected chi connectivity index (χ4v) is 2.09. The van der Waals surface area contributed by atoms with Gasteiger partial charge in [-0.25, -0.2) is 4.98 Å². The molecule has 0 saturated carbocycles. The van der Waals surface area contributed by atoms with Crippen molar-refractivity contribution in [2.24, 2.45) is 0 Å². The van der Waals surface area contributed by atoms with Crippen LogP contribution in [0.15, 0.2) is 36.8 Å². The van der Waals surface area contributed by atoms with Crippen LogP contribution in [0, 0.1) is 0 Å². The number of rotatable bonds is 4. The van der Waals surface area contributed by atoms with Crippen LogP contribution in [-0.4, -0.2) is 34.3 Å². The molecule has 2 heterocycles. The second-order valence-electron chi connectivity index (χ2n) is 5.12. The quantitative estimate of drug-likeness (QED) is 0.869. The minimum Gasteiger partial charge on any atom is -0.454 e. The van der Waals surface area contributed by atoms with Crippen LogP contribution in [0.2, 0.25) is 0 Å². The molecule has 2 aromatic rings. The van der Waals surface area contributed by atoms with Gasteiger partial charge in [0.05, 0.1) is 12.7 Å². The van der Waals surface area contributed by atoms with Gasteiger partial charge in [-0.3, -0.25) is 9.78 Å². The molecule has 1 aliphatic rings. The van der Waals surface area contributed by atoms with E-state index in [0.29, 0.717) is 17.1 Å². The molecule has 7 heteroatoms. The Balaban J connectivity index is 1.69. The molecule has 0 aliphatic carbocycles. The predicted octanol–water partition coefficient (Wildman–Crippen LogP) is 0.843. The number of fused-ring (bicyclic) bond motifs is 1. The molecule has 0 bridgehead atoms. The highest BCUT2D eigenvalue weighted by Gasteiger charge is 2.27. The van der Waals surface area contributed by atoms with E-state index in [0.717, 1.165) is 0 Å². The Morgan fingerprint density at radius 3 is 2.95 bits per heavy atom. The fraction of sp³-hybridized carbons (Fsp3) is 0.267. The Bertz CT molecular complexity index is 688. The summed E-state index contributed by atoms with van der Waals surface area (Å²) in [6.07, 6.45) is 4.29. The number of ether oxygens (including phenoxy) is 2. The number of nitrogens with zero attached hydrogens (tertiary/aromatic N) is 2. The van der Waals surface area contributed by atoms with E-state index in [4.69, 9.17) is 9.47 Å². The van der Waals surface area contributed by atoms with Crippen LogP contribution in [0.5, 0.6) is 11.5 Å². The molecular formula is C15H15N3O4. The molecule has 0 radical (unpaired) electrons. The van der Waals surface area contributed by atoms with E-state index >= 15 is 0 Å². The lowest BCUT2D eigenvalue weighted by molar-refractivity contribution is 0.0523. The highest BCUT2D eigenvalue weighted by molar-refractivity contribution is 5.91. The first-order valence-corrected chi connectivity index (χ1v) is 6.73. The van der Waals surface area contributed by atoms with Gasteiger partial charge in [-0.05, 0) is 24.6 Å². The number of aromatic nitrogens is 2. The molecule has 1 aliphatic heterocycles. The summed E-state index contributed by atoms with van der Waals surface area (Å²) in [5, 5.41) is 13.2. The summed E-state index contributed by atoms with van der Waals surface area (Å²) >= 11 is 0. The van der Waals surface area contributed by atoms with Gasteiger partial charge >= 0.3 is 0 Å². The third-order valence-electron chi connectivity index (χ3n) is 3.38. The Morgan fingerprint density at radius 1 is 1.36 bits per heavy atom. The zero-order valence-electron chi connectivity index (χ0n) is 11.9. The molecule has 1 amide bonds. The smallest absolute Gasteiger partial charge is 0.271 e. The Hall–Kier alpha value is -2.67. The number of amides is 1. The number of hydrogen-bond donors (Lipinski definition) is 2. The van der Waals surface area contributed by atoms with Crippen LogP contribution in [0.25, 0.3) is 0 Å². The zero-order chi connectivity index (χ0) is 15.6. The van der Waals surface area contributed by atoms with E-state index in [1.165, 1.54) is 18.6 Å². The third-order valence-corrected chi connectivity index (χ3v) is 3.38. The van der Waals surface area contributed by atoms with Gasteiger partial charge in [-0.1, -0.05) is 6.07 Å². The van der Waals surface area contributed by atoms with Crippen LogP contribution in [-0.2, 0) is 5.60 Å². The van der Waals surface area contributed by atoms with Crippen LogP contribution < -0.4 is 14.8 Å². The van der Waals surface area contributed by atoms with Crippen molar-refractivity contribution in [3.63, 3.8) is 0 Å². The van der Waals surface area contributed by atoms with Crippen molar-refractivity contribution >= 4 is 5.91 Å². The number of carbonyl (C=O) groups excluding carboxylic acids is 1. The topological polar surface area (TPSA) is 93.6 Å². The van der Waals surface area contributed by atoms with E-state index in [1.54, 1.807) is 25.1 Å². The van der Waals surface area contributed by atoms with Gasteiger partial charge in [0.2, 0.25) is 6.79 Å². The largest absolute Gasteiger partial charge is 0.454 e. The highest BCUT2D eigenvalue weighted by Crippen LogP contribution is 2.35. The maximum absolute atomic E-state index is 11.9. The Kier molecular flexibility index (Phi) is 3.64. The van der Waals surface area contributed by atoms with E-state index in [-0.39, 0.29) is 19.0 Å². The SMILES string of the molecule is C[C@](O)(CNC(=O)c1cnccn1)c1ccc2c(c1)OCO2. The minimum atomic E-state index is -1.25. The molecule has 22 heavy (non-hydrogen) atoms. The predicted molar refractivity (Wildman–Crippen MR) is 76.5 cm³/mol. The van der Waals surface area contributed by atoms with Gasteiger partial charge in [-0.2, -0.15) is 0 Å². The number of benzene rings is 1. The van der Waals surface area contributed by atoms with Crippen LogP contribution in [0.3, 0.4) is 0 Å². The fourth-order valence-electron chi connectivity index (χ4n) is 2.09. The van der Waals surface area contributed by atoms with Crippen molar-refractivity contribution in [3.8, 4) is 11.5 Å². The van der Waals surface area contributed by atoms with Crippen molar-refractivity contribution in [2.75, 3.05) is 13.3 Å². The average molecular weight is 301 g/mol. The maximum atomic E-state index is 11.9. The highest BCUT2D eigenvalue weighted by atomic mass is 16.7. The van der Waals surface area contributed by atoms with Crippen LogP contribution in [0.1, 0.15) is 23.0 Å². The molecule has 2 N–H and O–H groups in total. The lowest BCUT2D eigenvalue weighted by Gasteiger charge is -2.24. The van der Waals surface area contributed by atoms with Crippen molar-refractivity contribution in [1.29, 1.82) is 0 Å². The van der Waals surface area contributed by atoms with Crippen molar-refractivity contribution in [1.82, 2.24) is 15.3 Å². The van der Waals surface area contributed by atoms with Crippen LogP contribution in [0.4, 0.5) is 0 Å². The van der Waals surface area contributed by atoms with Crippen molar-refractivity contribution in [2.45, 2.75) is 12.5 Å². The first kappa shape index (κ1) is 14.3. The Morgan fingerprint density at radius 2 is 2.18 bits per heavy atom. The first-order chi connectivity index (χ1) is 10.6. The molecule has 0 spiro atoms. The normalized spacial score (nSPS) is 15.2. The van der Waals surface area contributed by atoms with Crippen LogP contribution >= 0.6 is 0 Å². The molecule has 0 saturated heterocycles. The molecular weight excluding hydrogens is 286 g/mol. The Labute approximate surface area is 126 Å². The molecule has 1 aromatic carbocycles. The third kappa shape index (κ3) is 2.84. The summed E-state index contributed by atoms with van der Waals surface area (Å²) in [6, 6.07) is 5.18. The van der Waals surface area contributed by atoms with Gasteiger partial charge in [0, 0.05) is 12.4 Å². The summed E-state index contributed by atoms with van der Waals surface area (Å²) in [4.78, 5) is 19.7. The second-order valence-corrected chi connectivity index (χ2v) is 5.12. The zero-order valence-corrected chi connectivity index (χ0v) is 11.9. The minimum absolute atomic E-state index is 0.0298. The van der Waals surface area contributed by atoms with E-state index < -0.39 is 11.5 Å². The monoisotopic (exact) mass is 301 g/mol. The lowest BCUT2D eigenvalue weighted by Crippen LogP contribution is -2.38. The average Bonchev–Trinajstić information content (AvgIpc) is 3.01. The molecule has 1 aromatic heterocycles. The number of carbonyl (C=O) groups is 1. The molecule has 3 rings (SSSR count). The standard InChI is InChI=1S/C15H15N3O4/c1-15(20,8-18-14(19)11-7-16-4-5-17-11)10-2-3-12-13(6-10)22-9-21-12/h2-7,20H,8-9H2,1H3,(H,18,19)/t15-/m0/s1. The molecule has 1 atom stereocenters. The molecule has 0 unspecified atom stereocenters. The van der Waals surface area contributed by atoms with E-state index in [2.05, 4.69) is 15.3 Å². The number of hydrogen-bond acceptors (Lipinski definition) is 6. The molecule has 0 fully saturated rings. The molecule has 114 valence electrons. The van der Waals surface area contributed by atoms with Gasteiger partial charge in [0.1, 0.15) is 11.3 Å². The maximum Gasteiger partial charge on any atom is 0.271 e. The lowest BCUT2D eigenvalue weighted by atomic mass is 9.95. The molecule has 7 nitrogen and oxygen atoms in total. The summed E-state index contributed by atoms with van der Waals surface area (Å²) in [5.74, 6) is 0.829. The first-order valence-electron chi connectivity index (χ1n) is 6.73. The van der Waals surface area contributed by atoms with Gasteiger partial charge in [0.25, 0.3) is 5.91 Å². The summed E-state index contributed by atoms with van der Waals surface area (Å²) in [7, 11) is 0. The van der Waals surface area contributed by atoms with Gasteiger partial charge < -0.3 is 19.9 Å². The summed E-state index contributed by atoms with van der Waals surface area (Å²) in [6.45, 7) is 1.81. The number of aliphatic hydroxyl groups is 1.